The minimum atomic E-state index is -0.819. The van der Waals surface area contributed by atoms with Gasteiger partial charge in [-0.25, -0.2) is 4.98 Å². The van der Waals surface area contributed by atoms with Gasteiger partial charge in [-0.15, -0.1) is 0 Å². The van der Waals surface area contributed by atoms with Gasteiger partial charge in [-0.05, 0) is 71.8 Å². The second-order valence-electron chi connectivity index (χ2n) is 11.4. The maximum absolute atomic E-state index is 13.7. The first-order chi connectivity index (χ1) is 18.4. The summed E-state index contributed by atoms with van der Waals surface area (Å²) in [5.74, 6) is -1.58. The monoisotopic (exact) mass is 539 g/mol. The highest BCUT2D eigenvalue weighted by Gasteiger charge is 2.48. The number of hydrogen-bond acceptors (Lipinski definition) is 6. The third-order valence-corrected chi connectivity index (χ3v) is 8.28. The predicted molar refractivity (Wildman–Crippen MR) is 160 cm³/mol. The zero-order valence-electron chi connectivity index (χ0n) is 23.4. The molecule has 6 nitrogen and oxygen atoms in total. The molecule has 39 heavy (non-hydrogen) atoms. The summed E-state index contributed by atoms with van der Waals surface area (Å²) >= 11 is 1.37. The number of anilines is 2. The molecule has 0 bridgehead atoms. The van der Waals surface area contributed by atoms with Crippen molar-refractivity contribution in [2.75, 3.05) is 23.9 Å². The summed E-state index contributed by atoms with van der Waals surface area (Å²) in [6.45, 7) is 10.2. The zero-order valence-corrected chi connectivity index (χ0v) is 24.2. The third kappa shape index (κ3) is 4.72. The molecule has 0 aliphatic carbocycles. The van der Waals surface area contributed by atoms with Crippen LogP contribution < -0.4 is 9.80 Å². The summed E-state index contributed by atoms with van der Waals surface area (Å²) in [6, 6.07) is 18.7. The fourth-order valence-electron chi connectivity index (χ4n) is 4.91. The van der Waals surface area contributed by atoms with Gasteiger partial charge in [-0.3, -0.25) is 14.5 Å². The summed E-state index contributed by atoms with van der Waals surface area (Å²) in [4.78, 5) is 35.5. The maximum Gasteiger partial charge on any atom is 0.301 e. The van der Waals surface area contributed by atoms with E-state index in [9.17, 15) is 14.7 Å². The second-order valence-corrected chi connectivity index (χ2v) is 12.4. The average molecular weight is 540 g/mol. The van der Waals surface area contributed by atoms with Crippen LogP contribution >= 0.6 is 11.3 Å². The first kappa shape index (κ1) is 26.6. The van der Waals surface area contributed by atoms with Crippen LogP contribution in [0.2, 0.25) is 0 Å². The van der Waals surface area contributed by atoms with Gasteiger partial charge in [0.1, 0.15) is 5.76 Å². The van der Waals surface area contributed by atoms with Crippen LogP contribution in [-0.4, -0.2) is 35.9 Å². The molecule has 1 aliphatic heterocycles. The van der Waals surface area contributed by atoms with Gasteiger partial charge in [0, 0.05) is 25.3 Å². The number of nitrogens with zero attached hydrogens (tertiary/aromatic N) is 3. The quantitative estimate of drug-likeness (QED) is 0.173. The van der Waals surface area contributed by atoms with E-state index < -0.39 is 17.7 Å². The van der Waals surface area contributed by atoms with Crippen LogP contribution in [0.25, 0.3) is 16.0 Å². The van der Waals surface area contributed by atoms with E-state index in [1.54, 1.807) is 0 Å². The molecule has 7 heteroatoms. The van der Waals surface area contributed by atoms with Crippen LogP contribution in [-0.2, 0) is 15.0 Å². The number of carbonyl (C=O) groups is 2. The Balaban J connectivity index is 1.74. The molecule has 2 heterocycles. The fraction of sp³-hybridized carbons (Fsp3) is 0.281. The summed E-state index contributed by atoms with van der Waals surface area (Å²) < 4.78 is 0.933. The number of aryl methyl sites for hydroxylation is 2. The Labute approximate surface area is 233 Å². The highest BCUT2D eigenvalue weighted by Crippen LogP contribution is 2.45. The van der Waals surface area contributed by atoms with Gasteiger partial charge in [0.2, 0.25) is 0 Å². The summed E-state index contributed by atoms with van der Waals surface area (Å²) in [5, 5.41) is 12.2. The molecule has 1 fully saturated rings. The van der Waals surface area contributed by atoms with Crippen molar-refractivity contribution >= 4 is 49.8 Å². The summed E-state index contributed by atoms with van der Waals surface area (Å²) in [5.41, 5.74) is 5.87. The van der Waals surface area contributed by atoms with Crippen molar-refractivity contribution in [3.8, 4) is 0 Å². The van der Waals surface area contributed by atoms with Gasteiger partial charge in [-0.2, -0.15) is 0 Å². The molecule has 1 saturated heterocycles. The van der Waals surface area contributed by atoms with Crippen LogP contribution in [0.4, 0.5) is 10.8 Å². The van der Waals surface area contributed by atoms with E-state index in [4.69, 9.17) is 4.98 Å². The standard InChI is InChI=1S/C32H33N3O3S/c1-18-8-15-24-25(16-18)39-31(33-24)35-27(20-10-13-22(14-11-20)34(6)7)26(29(37)30(35)38)28(36)23-17-21(32(3,4)5)12-9-19(23)2/h8-17,27,36H,1-7H3/b28-26+. The molecule has 200 valence electrons. The van der Waals surface area contributed by atoms with E-state index in [0.717, 1.165) is 38.2 Å². The van der Waals surface area contributed by atoms with Gasteiger partial charge >= 0.3 is 5.91 Å². The van der Waals surface area contributed by atoms with Gasteiger partial charge in [0.15, 0.2) is 5.13 Å². The number of Topliss-reactive ketones (excluding diaryl/α,β-unsaturated/α-hetero) is 1. The van der Waals surface area contributed by atoms with E-state index in [2.05, 4.69) is 20.8 Å². The molecule has 0 spiro atoms. The van der Waals surface area contributed by atoms with E-state index >= 15 is 0 Å². The fourth-order valence-corrected chi connectivity index (χ4v) is 6.00. The molecule has 1 N–H and O–H groups in total. The lowest BCUT2D eigenvalue weighted by molar-refractivity contribution is -0.132. The van der Waals surface area contributed by atoms with Crippen molar-refractivity contribution in [1.82, 2.24) is 4.98 Å². The molecule has 5 rings (SSSR count). The van der Waals surface area contributed by atoms with Crippen molar-refractivity contribution in [3.05, 3.63) is 94.1 Å². The number of aliphatic hydroxyl groups excluding tert-OH is 1. The van der Waals surface area contributed by atoms with Crippen molar-refractivity contribution < 1.29 is 14.7 Å². The molecule has 1 amide bonds. The number of benzene rings is 3. The zero-order chi connectivity index (χ0) is 28.2. The number of rotatable bonds is 4. The summed E-state index contributed by atoms with van der Waals surface area (Å²) in [6.07, 6.45) is 0. The first-order valence-electron chi connectivity index (χ1n) is 12.9. The molecule has 1 aromatic heterocycles. The lowest BCUT2D eigenvalue weighted by atomic mass is 9.84. The number of fused-ring (bicyclic) bond motifs is 1. The molecule has 0 radical (unpaired) electrons. The Bertz CT molecular complexity index is 1640. The highest BCUT2D eigenvalue weighted by atomic mass is 32.1. The van der Waals surface area contributed by atoms with E-state index in [-0.39, 0.29) is 16.7 Å². The molecule has 3 aromatic carbocycles. The number of amides is 1. The SMILES string of the molecule is Cc1ccc2nc(N3C(=O)C(=O)/C(=C(/O)c4cc(C(C)(C)C)ccc4C)C3c3ccc(N(C)C)cc3)sc2c1. The maximum atomic E-state index is 13.7. The Hall–Kier alpha value is -3.97. The van der Waals surface area contributed by atoms with Gasteiger partial charge < -0.3 is 10.0 Å². The number of ketones is 1. The summed E-state index contributed by atoms with van der Waals surface area (Å²) in [7, 11) is 3.91. The average Bonchev–Trinajstić information content (AvgIpc) is 3.40. The van der Waals surface area contributed by atoms with Crippen molar-refractivity contribution in [1.29, 1.82) is 0 Å². The highest BCUT2D eigenvalue weighted by molar-refractivity contribution is 7.22. The van der Waals surface area contributed by atoms with Crippen LogP contribution in [0, 0.1) is 13.8 Å². The number of carbonyl (C=O) groups excluding carboxylic acids is 2. The second kappa shape index (κ2) is 9.65. The van der Waals surface area contributed by atoms with Crippen molar-refractivity contribution in [3.63, 3.8) is 0 Å². The van der Waals surface area contributed by atoms with Gasteiger partial charge in [0.05, 0.1) is 21.8 Å². The van der Waals surface area contributed by atoms with Crippen LogP contribution in [0.5, 0.6) is 0 Å². The molecule has 1 atom stereocenters. The lowest BCUT2D eigenvalue weighted by Gasteiger charge is -2.24. The number of thiazole rings is 1. The minimum absolute atomic E-state index is 0.0715. The first-order valence-corrected chi connectivity index (χ1v) is 13.8. The Morgan fingerprint density at radius 3 is 2.31 bits per heavy atom. The van der Waals surface area contributed by atoms with E-state index in [1.165, 1.54) is 16.2 Å². The van der Waals surface area contributed by atoms with Gasteiger partial charge in [0.25, 0.3) is 5.78 Å². The smallest absolute Gasteiger partial charge is 0.301 e. The van der Waals surface area contributed by atoms with Crippen molar-refractivity contribution in [2.24, 2.45) is 0 Å². The lowest BCUT2D eigenvalue weighted by Crippen LogP contribution is -2.29. The third-order valence-electron chi connectivity index (χ3n) is 7.27. The van der Waals surface area contributed by atoms with Crippen LogP contribution in [0.3, 0.4) is 0 Å². The Kier molecular flexibility index (Phi) is 6.59. The number of aliphatic hydroxyl groups is 1. The number of aromatic nitrogens is 1. The van der Waals surface area contributed by atoms with Crippen molar-refractivity contribution in [2.45, 2.75) is 46.1 Å². The van der Waals surface area contributed by atoms with E-state index in [1.807, 2.05) is 93.5 Å². The minimum Gasteiger partial charge on any atom is -0.507 e. The molecular formula is C32H33N3O3S. The normalized spacial score (nSPS) is 17.3. The Morgan fingerprint density at radius 1 is 0.974 bits per heavy atom. The topological polar surface area (TPSA) is 73.7 Å². The Morgan fingerprint density at radius 2 is 1.67 bits per heavy atom. The molecule has 1 aliphatic rings. The van der Waals surface area contributed by atoms with Gasteiger partial charge in [-0.1, -0.05) is 62.4 Å². The van der Waals surface area contributed by atoms with Crippen LogP contribution in [0.1, 0.15) is 54.6 Å². The largest absolute Gasteiger partial charge is 0.507 e. The molecule has 0 saturated carbocycles. The van der Waals surface area contributed by atoms with Crippen LogP contribution in [0.15, 0.2) is 66.2 Å². The predicted octanol–water partition coefficient (Wildman–Crippen LogP) is 6.90. The molecular weight excluding hydrogens is 506 g/mol. The molecule has 4 aromatic rings. The number of hydrogen-bond donors (Lipinski definition) is 1. The molecule has 1 unspecified atom stereocenters. The van der Waals surface area contributed by atoms with E-state index in [0.29, 0.717) is 10.7 Å².